The number of aromatic nitrogens is 2. The summed E-state index contributed by atoms with van der Waals surface area (Å²) in [5, 5.41) is 3.97. The summed E-state index contributed by atoms with van der Waals surface area (Å²) in [7, 11) is 0. The minimum atomic E-state index is -0.551. The fraction of sp³-hybridized carbons (Fsp3) is 0.846. The standard InChI is InChI=1S/C13H25N3O3/c1-5-16(6-2)10-9-11-14-12(19-15-11)13(17-7-3)18-8-4/h13H,5-10H2,1-4H3. The first kappa shape index (κ1) is 16.1. The first-order valence-corrected chi connectivity index (χ1v) is 7.03. The molecule has 1 aromatic rings. The molecular weight excluding hydrogens is 246 g/mol. The van der Waals surface area contributed by atoms with E-state index < -0.39 is 6.29 Å². The van der Waals surface area contributed by atoms with Crippen LogP contribution in [0.1, 0.15) is 45.7 Å². The van der Waals surface area contributed by atoms with E-state index in [1.54, 1.807) is 0 Å². The van der Waals surface area contributed by atoms with Crippen molar-refractivity contribution < 1.29 is 14.0 Å². The van der Waals surface area contributed by atoms with E-state index in [0.717, 1.165) is 26.1 Å². The van der Waals surface area contributed by atoms with Crippen molar-refractivity contribution in [3.8, 4) is 0 Å². The van der Waals surface area contributed by atoms with Gasteiger partial charge in [-0.25, -0.2) is 0 Å². The van der Waals surface area contributed by atoms with Gasteiger partial charge in [0.15, 0.2) is 5.82 Å². The van der Waals surface area contributed by atoms with E-state index in [4.69, 9.17) is 14.0 Å². The zero-order chi connectivity index (χ0) is 14.1. The van der Waals surface area contributed by atoms with Crippen LogP contribution in [0.3, 0.4) is 0 Å². The topological polar surface area (TPSA) is 60.6 Å². The van der Waals surface area contributed by atoms with E-state index in [1.165, 1.54) is 0 Å². The molecule has 0 radical (unpaired) electrons. The normalized spacial score (nSPS) is 11.7. The molecule has 6 nitrogen and oxygen atoms in total. The second-order valence-corrected chi connectivity index (χ2v) is 4.07. The van der Waals surface area contributed by atoms with Gasteiger partial charge in [-0.3, -0.25) is 0 Å². The van der Waals surface area contributed by atoms with E-state index in [9.17, 15) is 0 Å². The van der Waals surface area contributed by atoms with E-state index in [-0.39, 0.29) is 0 Å². The summed E-state index contributed by atoms with van der Waals surface area (Å²) in [5.74, 6) is 1.10. The van der Waals surface area contributed by atoms with E-state index >= 15 is 0 Å². The molecule has 0 unspecified atom stereocenters. The van der Waals surface area contributed by atoms with Gasteiger partial charge in [-0.05, 0) is 26.9 Å². The SMILES string of the molecule is CCOC(OCC)c1nc(CCN(CC)CC)no1. The summed E-state index contributed by atoms with van der Waals surface area (Å²) < 4.78 is 16.0. The summed E-state index contributed by atoms with van der Waals surface area (Å²) in [6.45, 7) is 12.2. The monoisotopic (exact) mass is 271 g/mol. The van der Waals surface area contributed by atoms with Gasteiger partial charge < -0.3 is 18.9 Å². The number of rotatable bonds is 10. The minimum absolute atomic E-state index is 0.401. The zero-order valence-electron chi connectivity index (χ0n) is 12.4. The van der Waals surface area contributed by atoms with Crippen LogP contribution in [0, 0.1) is 0 Å². The predicted octanol–water partition coefficient (Wildman–Crippen LogP) is 2.03. The largest absolute Gasteiger partial charge is 0.345 e. The summed E-state index contributed by atoms with van der Waals surface area (Å²) in [6, 6.07) is 0. The average molecular weight is 271 g/mol. The summed E-state index contributed by atoms with van der Waals surface area (Å²) in [6.07, 6.45) is 0.223. The molecule has 0 aromatic carbocycles. The fourth-order valence-electron chi connectivity index (χ4n) is 1.76. The van der Waals surface area contributed by atoms with Gasteiger partial charge in [-0.1, -0.05) is 19.0 Å². The van der Waals surface area contributed by atoms with E-state index in [2.05, 4.69) is 28.9 Å². The highest BCUT2D eigenvalue weighted by Crippen LogP contribution is 2.16. The summed E-state index contributed by atoms with van der Waals surface area (Å²) in [5.41, 5.74) is 0. The molecule has 0 fully saturated rings. The van der Waals surface area contributed by atoms with Crippen molar-refractivity contribution >= 4 is 0 Å². The third-order valence-electron chi connectivity index (χ3n) is 2.87. The van der Waals surface area contributed by atoms with Crippen molar-refractivity contribution in [1.82, 2.24) is 15.0 Å². The zero-order valence-corrected chi connectivity index (χ0v) is 12.4. The van der Waals surface area contributed by atoms with Crippen LogP contribution in [0.25, 0.3) is 0 Å². The molecule has 0 bridgehead atoms. The van der Waals surface area contributed by atoms with Crippen LogP contribution < -0.4 is 0 Å². The lowest BCUT2D eigenvalue weighted by Gasteiger charge is -2.16. The van der Waals surface area contributed by atoms with Crippen LogP contribution >= 0.6 is 0 Å². The van der Waals surface area contributed by atoms with Crippen molar-refractivity contribution in [1.29, 1.82) is 0 Å². The molecule has 110 valence electrons. The molecule has 0 N–H and O–H groups in total. The molecule has 6 heteroatoms. The van der Waals surface area contributed by atoms with Gasteiger partial charge in [0.1, 0.15) is 0 Å². The third-order valence-corrected chi connectivity index (χ3v) is 2.87. The summed E-state index contributed by atoms with van der Waals surface area (Å²) >= 11 is 0. The lowest BCUT2D eigenvalue weighted by molar-refractivity contribution is -0.155. The van der Waals surface area contributed by atoms with Crippen LogP contribution in [-0.4, -0.2) is 47.9 Å². The first-order chi connectivity index (χ1) is 9.24. The lowest BCUT2D eigenvalue weighted by atomic mass is 10.3. The Hall–Kier alpha value is -0.980. The third kappa shape index (κ3) is 5.26. The molecule has 0 saturated heterocycles. The highest BCUT2D eigenvalue weighted by atomic mass is 16.7. The molecule has 19 heavy (non-hydrogen) atoms. The molecule has 0 aliphatic carbocycles. The minimum Gasteiger partial charge on any atom is -0.345 e. The first-order valence-electron chi connectivity index (χ1n) is 7.03. The fourth-order valence-corrected chi connectivity index (χ4v) is 1.76. The van der Waals surface area contributed by atoms with Gasteiger partial charge in [-0.2, -0.15) is 4.98 Å². The highest BCUT2D eigenvalue weighted by molar-refractivity contribution is 4.88. The number of ether oxygens (including phenoxy) is 2. The molecule has 1 heterocycles. The molecule has 0 atom stereocenters. The van der Waals surface area contributed by atoms with E-state index in [0.29, 0.717) is 24.9 Å². The second-order valence-electron chi connectivity index (χ2n) is 4.07. The highest BCUT2D eigenvalue weighted by Gasteiger charge is 2.19. The van der Waals surface area contributed by atoms with Crippen molar-refractivity contribution in [3.63, 3.8) is 0 Å². The van der Waals surface area contributed by atoms with Gasteiger partial charge in [0.2, 0.25) is 6.29 Å². The van der Waals surface area contributed by atoms with Crippen LogP contribution in [0.15, 0.2) is 4.52 Å². The Morgan fingerprint density at radius 3 is 2.26 bits per heavy atom. The van der Waals surface area contributed by atoms with Gasteiger partial charge >= 0.3 is 0 Å². The Balaban J connectivity index is 2.54. The maximum absolute atomic E-state index is 5.42. The molecule has 0 aliphatic rings. The number of hydrogen-bond donors (Lipinski definition) is 0. The van der Waals surface area contributed by atoms with Crippen LogP contribution in [0.4, 0.5) is 0 Å². The Bertz CT molecular complexity index is 334. The average Bonchev–Trinajstić information content (AvgIpc) is 2.88. The number of hydrogen-bond acceptors (Lipinski definition) is 6. The molecule has 1 aromatic heterocycles. The van der Waals surface area contributed by atoms with Crippen molar-refractivity contribution in [2.75, 3.05) is 32.8 Å². The van der Waals surface area contributed by atoms with Crippen LogP contribution in [-0.2, 0) is 15.9 Å². The van der Waals surface area contributed by atoms with Gasteiger partial charge in [0.05, 0.1) is 0 Å². The molecule has 1 rings (SSSR count). The van der Waals surface area contributed by atoms with Crippen molar-refractivity contribution in [2.24, 2.45) is 0 Å². The molecule has 0 amide bonds. The quantitative estimate of drug-likeness (QED) is 0.607. The predicted molar refractivity (Wildman–Crippen MR) is 71.8 cm³/mol. The van der Waals surface area contributed by atoms with Gasteiger partial charge in [-0.15, -0.1) is 0 Å². The van der Waals surface area contributed by atoms with Crippen molar-refractivity contribution in [3.05, 3.63) is 11.7 Å². The molecule has 0 saturated carbocycles. The smallest absolute Gasteiger partial charge is 0.283 e. The Morgan fingerprint density at radius 1 is 1.11 bits per heavy atom. The van der Waals surface area contributed by atoms with Gasteiger partial charge in [0, 0.05) is 26.2 Å². The Kier molecular flexibility index (Phi) is 7.62. The Morgan fingerprint density at radius 2 is 1.74 bits per heavy atom. The van der Waals surface area contributed by atoms with Gasteiger partial charge in [0.25, 0.3) is 5.89 Å². The molecule has 0 aliphatic heterocycles. The number of nitrogens with zero attached hydrogens (tertiary/aromatic N) is 3. The molecule has 0 spiro atoms. The second kappa shape index (κ2) is 9.01. The van der Waals surface area contributed by atoms with Crippen LogP contribution in [0.2, 0.25) is 0 Å². The molecular formula is C13H25N3O3. The van der Waals surface area contributed by atoms with Crippen molar-refractivity contribution in [2.45, 2.75) is 40.4 Å². The number of likely N-dealkylation sites (N-methyl/N-ethyl adjacent to an activating group) is 1. The van der Waals surface area contributed by atoms with Crippen LogP contribution in [0.5, 0.6) is 0 Å². The van der Waals surface area contributed by atoms with E-state index in [1.807, 2.05) is 13.8 Å². The lowest BCUT2D eigenvalue weighted by Crippen LogP contribution is -2.25. The maximum atomic E-state index is 5.42. The summed E-state index contributed by atoms with van der Waals surface area (Å²) in [4.78, 5) is 6.65. The Labute approximate surface area is 115 Å². The maximum Gasteiger partial charge on any atom is 0.283 e.